The fourth-order valence-corrected chi connectivity index (χ4v) is 3.01. The van der Waals surface area contributed by atoms with Crippen LogP contribution in [0.3, 0.4) is 0 Å². The highest BCUT2D eigenvalue weighted by atomic mass is 16.4. The fraction of sp³-hybridized carbons (Fsp3) is 0.917. The largest absolute Gasteiger partial charge is 0.480 e. The van der Waals surface area contributed by atoms with Crippen LogP contribution in [0.2, 0.25) is 0 Å². The first-order valence-electron chi connectivity index (χ1n) is 6.11. The molecule has 4 heteroatoms. The van der Waals surface area contributed by atoms with E-state index >= 15 is 0 Å². The molecule has 4 nitrogen and oxygen atoms in total. The Balaban J connectivity index is 2.09. The molecular formula is C12H22N2O2. The first kappa shape index (κ1) is 11.9. The first-order chi connectivity index (χ1) is 7.43. The molecule has 0 spiro atoms. The number of aliphatic carboxylic acids is 1. The van der Waals surface area contributed by atoms with E-state index in [-0.39, 0.29) is 0 Å². The molecule has 2 fully saturated rings. The summed E-state index contributed by atoms with van der Waals surface area (Å²) in [7, 11) is 1.97. The molecule has 0 saturated carbocycles. The Labute approximate surface area is 97.2 Å². The zero-order valence-electron chi connectivity index (χ0n) is 10.4. The molecule has 0 aromatic carbocycles. The average molecular weight is 226 g/mol. The molecule has 3 unspecified atom stereocenters. The second-order valence-electron chi connectivity index (χ2n) is 5.68. The minimum Gasteiger partial charge on any atom is -0.480 e. The number of rotatable bonds is 3. The van der Waals surface area contributed by atoms with Crippen LogP contribution in [0, 0.1) is 5.92 Å². The highest BCUT2D eigenvalue weighted by Gasteiger charge is 2.43. The molecule has 2 aliphatic heterocycles. The maximum absolute atomic E-state index is 11.3. The summed E-state index contributed by atoms with van der Waals surface area (Å²) in [6, 6.07) is 0.435. The van der Waals surface area contributed by atoms with Crippen molar-refractivity contribution in [3.63, 3.8) is 0 Å². The third kappa shape index (κ3) is 1.84. The quantitative estimate of drug-likeness (QED) is 0.775. The first-order valence-corrected chi connectivity index (χ1v) is 6.11. The monoisotopic (exact) mass is 226 g/mol. The van der Waals surface area contributed by atoms with E-state index in [4.69, 9.17) is 0 Å². The topological polar surface area (TPSA) is 43.8 Å². The van der Waals surface area contributed by atoms with E-state index in [1.807, 2.05) is 7.05 Å². The maximum atomic E-state index is 11.3. The molecule has 0 radical (unpaired) electrons. The van der Waals surface area contributed by atoms with Gasteiger partial charge in [0, 0.05) is 12.6 Å². The van der Waals surface area contributed by atoms with Crippen LogP contribution in [0.5, 0.6) is 0 Å². The minimum absolute atomic E-state index is 0.435. The van der Waals surface area contributed by atoms with Crippen LogP contribution in [-0.2, 0) is 4.79 Å². The summed E-state index contributed by atoms with van der Waals surface area (Å²) in [5.74, 6) is -0.0622. The Morgan fingerprint density at radius 1 is 1.38 bits per heavy atom. The van der Waals surface area contributed by atoms with E-state index in [1.165, 1.54) is 13.0 Å². The zero-order chi connectivity index (χ0) is 11.9. The predicted octanol–water partition coefficient (Wildman–Crippen LogP) is 0.876. The number of fused-ring (bicyclic) bond motifs is 2. The minimum atomic E-state index is -0.755. The van der Waals surface area contributed by atoms with Gasteiger partial charge in [-0.1, -0.05) is 0 Å². The molecule has 2 bridgehead atoms. The van der Waals surface area contributed by atoms with Crippen LogP contribution in [0.4, 0.5) is 0 Å². The summed E-state index contributed by atoms with van der Waals surface area (Å²) in [5, 5.41) is 9.26. The second-order valence-corrected chi connectivity index (χ2v) is 5.68. The lowest BCUT2D eigenvalue weighted by atomic mass is 9.89. The molecular weight excluding hydrogens is 204 g/mol. The molecule has 0 amide bonds. The smallest absolute Gasteiger partial charge is 0.323 e. The summed E-state index contributed by atoms with van der Waals surface area (Å²) in [6.45, 7) is 7.09. The normalized spacial score (nSPS) is 34.4. The summed E-state index contributed by atoms with van der Waals surface area (Å²) in [5.41, 5.74) is -0.755. The van der Waals surface area contributed by atoms with E-state index in [0.29, 0.717) is 12.0 Å². The molecule has 2 aliphatic rings. The van der Waals surface area contributed by atoms with E-state index in [2.05, 4.69) is 9.80 Å². The molecule has 2 saturated heterocycles. The molecule has 0 aromatic rings. The van der Waals surface area contributed by atoms with E-state index in [1.54, 1.807) is 13.8 Å². The highest BCUT2D eigenvalue weighted by molar-refractivity contribution is 5.77. The SMILES string of the molecule is CN(C1CCN2CCC1C2)C(C)(C)C(=O)O. The van der Waals surface area contributed by atoms with Crippen LogP contribution in [0.1, 0.15) is 26.7 Å². The van der Waals surface area contributed by atoms with Gasteiger partial charge in [0.05, 0.1) is 0 Å². The van der Waals surface area contributed by atoms with Gasteiger partial charge < -0.3 is 10.0 Å². The van der Waals surface area contributed by atoms with E-state index in [9.17, 15) is 9.90 Å². The Morgan fingerprint density at radius 3 is 2.62 bits per heavy atom. The van der Waals surface area contributed by atoms with Gasteiger partial charge in [0.2, 0.25) is 0 Å². The maximum Gasteiger partial charge on any atom is 0.323 e. The number of piperidine rings is 1. The Hall–Kier alpha value is -0.610. The molecule has 0 aromatic heterocycles. The lowest BCUT2D eigenvalue weighted by Gasteiger charge is -2.43. The summed E-state index contributed by atoms with van der Waals surface area (Å²) in [6.07, 6.45) is 2.34. The Morgan fingerprint density at radius 2 is 2.00 bits per heavy atom. The number of likely N-dealkylation sites (N-methyl/N-ethyl adjacent to an activating group) is 1. The van der Waals surface area contributed by atoms with Crippen molar-refractivity contribution >= 4 is 5.97 Å². The van der Waals surface area contributed by atoms with Crippen LogP contribution in [-0.4, -0.2) is 59.1 Å². The van der Waals surface area contributed by atoms with Crippen LogP contribution >= 0.6 is 0 Å². The summed E-state index contributed by atoms with van der Waals surface area (Å²) >= 11 is 0. The van der Waals surface area contributed by atoms with Gasteiger partial charge in [0.15, 0.2) is 0 Å². The predicted molar refractivity (Wildman–Crippen MR) is 62.4 cm³/mol. The number of hydrogen-bond donors (Lipinski definition) is 1. The number of carboxylic acid groups (broad SMARTS) is 1. The third-order valence-corrected chi connectivity index (χ3v) is 4.50. The van der Waals surface area contributed by atoms with Crippen LogP contribution < -0.4 is 0 Å². The van der Waals surface area contributed by atoms with Gasteiger partial charge in [-0.15, -0.1) is 0 Å². The van der Waals surface area contributed by atoms with Crippen LogP contribution in [0.25, 0.3) is 0 Å². The number of nitrogens with zero attached hydrogens (tertiary/aromatic N) is 2. The Bertz CT molecular complexity index is 291. The number of carboxylic acids is 1. The van der Waals surface area contributed by atoms with Gasteiger partial charge in [-0.25, -0.2) is 0 Å². The average Bonchev–Trinajstić information content (AvgIpc) is 2.60. The van der Waals surface area contributed by atoms with E-state index in [0.717, 1.165) is 19.5 Å². The molecule has 0 aliphatic carbocycles. The van der Waals surface area contributed by atoms with Gasteiger partial charge in [-0.05, 0) is 52.7 Å². The molecule has 2 heterocycles. The molecule has 1 N–H and O–H groups in total. The lowest BCUT2D eigenvalue weighted by Crippen LogP contribution is -2.56. The van der Waals surface area contributed by atoms with Gasteiger partial charge in [-0.3, -0.25) is 9.69 Å². The number of hydrogen-bond acceptors (Lipinski definition) is 3. The summed E-state index contributed by atoms with van der Waals surface area (Å²) < 4.78 is 0. The fourth-order valence-electron chi connectivity index (χ4n) is 3.01. The molecule has 2 rings (SSSR count). The third-order valence-electron chi connectivity index (χ3n) is 4.50. The molecule has 16 heavy (non-hydrogen) atoms. The number of carbonyl (C=O) groups is 1. The van der Waals surface area contributed by atoms with Crippen molar-refractivity contribution in [2.45, 2.75) is 38.3 Å². The second kappa shape index (κ2) is 4.00. The zero-order valence-corrected chi connectivity index (χ0v) is 10.4. The van der Waals surface area contributed by atoms with Crippen molar-refractivity contribution in [2.75, 3.05) is 26.7 Å². The van der Waals surface area contributed by atoms with Gasteiger partial charge in [0.25, 0.3) is 0 Å². The highest BCUT2D eigenvalue weighted by Crippen LogP contribution is 2.33. The Kier molecular flexibility index (Phi) is 2.97. The molecule has 92 valence electrons. The van der Waals surface area contributed by atoms with Crippen molar-refractivity contribution in [3.8, 4) is 0 Å². The van der Waals surface area contributed by atoms with Crippen molar-refractivity contribution in [3.05, 3.63) is 0 Å². The van der Waals surface area contributed by atoms with Crippen molar-refractivity contribution in [1.29, 1.82) is 0 Å². The molecule has 3 atom stereocenters. The van der Waals surface area contributed by atoms with E-state index < -0.39 is 11.5 Å². The van der Waals surface area contributed by atoms with Crippen LogP contribution in [0.15, 0.2) is 0 Å². The van der Waals surface area contributed by atoms with Gasteiger partial charge >= 0.3 is 5.97 Å². The summed E-state index contributed by atoms with van der Waals surface area (Å²) in [4.78, 5) is 15.8. The van der Waals surface area contributed by atoms with Gasteiger partial charge in [0.1, 0.15) is 5.54 Å². The lowest BCUT2D eigenvalue weighted by molar-refractivity contribution is -0.151. The van der Waals surface area contributed by atoms with Crippen molar-refractivity contribution < 1.29 is 9.90 Å². The standard InChI is InChI=1S/C12H22N2O2/c1-12(2,11(15)16)13(3)10-5-7-14-6-4-9(10)8-14/h9-10H,4-8H2,1-3H3,(H,15,16). The van der Waals surface area contributed by atoms with Gasteiger partial charge in [-0.2, -0.15) is 0 Å². The van der Waals surface area contributed by atoms with Crippen molar-refractivity contribution in [1.82, 2.24) is 9.80 Å². The van der Waals surface area contributed by atoms with Crippen molar-refractivity contribution in [2.24, 2.45) is 5.92 Å².